The molecular weight excluding hydrogens is 266 g/mol. The van der Waals surface area contributed by atoms with Gasteiger partial charge in [0.15, 0.2) is 6.10 Å². The maximum absolute atomic E-state index is 11.9. The van der Waals surface area contributed by atoms with Crippen molar-refractivity contribution in [2.24, 2.45) is 0 Å². The number of amides is 1. The van der Waals surface area contributed by atoms with Crippen LogP contribution >= 0.6 is 0 Å². The first-order valence-corrected chi connectivity index (χ1v) is 7.37. The minimum atomic E-state index is -1.01. The van der Waals surface area contributed by atoms with Gasteiger partial charge in [-0.15, -0.1) is 0 Å². The molecule has 5 nitrogen and oxygen atoms in total. The van der Waals surface area contributed by atoms with Crippen molar-refractivity contribution in [1.29, 1.82) is 0 Å². The van der Waals surface area contributed by atoms with Gasteiger partial charge in [-0.3, -0.25) is 9.69 Å². The third kappa shape index (κ3) is 2.21. The average Bonchev–Trinajstić information content (AvgIpc) is 2.66. The number of piperazine rings is 1. The van der Waals surface area contributed by atoms with E-state index < -0.39 is 6.10 Å². The number of benzene rings is 1. The molecule has 0 radical (unpaired) electrons. The Kier molecular flexibility index (Phi) is 3.22. The fraction of sp³-hybridized carbons (Fsp3) is 0.562. The standard InChI is InChI=1S/C16H23N3O2/c1-16(2)10-19(8-7-17(16)3)11-5-6-12-13(9-11)18(4)15(21)14(12)20/h5-6,9,14,20H,7-8,10H2,1-4H3. The van der Waals surface area contributed by atoms with Gasteiger partial charge in [-0.1, -0.05) is 6.07 Å². The van der Waals surface area contributed by atoms with Gasteiger partial charge in [0, 0.05) is 43.5 Å². The largest absolute Gasteiger partial charge is 0.378 e. The zero-order valence-corrected chi connectivity index (χ0v) is 13.1. The zero-order chi connectivity index (χ0) is 15.4. The molecule has 3 rings (SSSR count). The molecule has 1 fully saturated rings. The van der Waals surface area contributed by atoms with E-state index in [2.05, 4.69) is 30.7 Å². The summed E-state index contributed by atoms with van der Waals surface area (Å²) >= 11 is 0. The number of fused-ring (bicyclic) bond motifs is 1. The number of carbonyl (C=O) groups excluding carboxylic acids is 1. The SMILES string of the molecule is CN1C(=O)C(O)c2ccc(N3CCN(C)C(C)(C)C3)cc21. The Morgan fingerprint density at radius 2 is 1.95 bits per heavy atom. The molecule has 1 unspecified atom stereocenters. The Bertz CT molecular complexity index is 585. The fourth-order valence-corrected chi connectivity index (χ4v) is 3.15. The average molecular weight is 289 g/mol. The topological polar surface area (TPSA) is 47.0 Å². The van der Waals surface area contributed by atoms with Crippen LogP contribution in [0, 0.1) is 0 Å². The number of rotatable bonds is 1. The summed E-state index contributed by atoms with van der Waals surface area (Å²) in [6.07, 6.45) is -1.01. The van der Waals surface area contributed by atoms with Gasteiger partial charge in [-0.25, -0.2) is 0 Å². The van der Waals surface area contributed by atoms with Crippen molar-refractivity contribution in [3.05, 3.63) is 23.8 Å². The van der Waals surface area contributed by atoms with Gasteiger partial charge in [-0.05, 0) is 33.0 Å². The molecule has 0 aliphatic carbocycles. The number of hydrogen-bond donors (Lipinski definition) is 1. The smallest absolute Gasteiger partial charge is 0.260 e. The van der Waals surface area contributed by atoms with Crippen LogP contribution in [-0.4, -0.2) is 55.2 Å². The second-order valence-corrected chi connectivity index (χ2v) is 6.70. The third-order valence-electron chi connectivity index (χ3n) is 4.92. The summed E-state index contributed by atoms with van der Waals surface area (Å²) in [5.74, 6) is -0.249. The summed E-state index contributed by atoms with van der Waals surface area (Å²) in [5, 5.41) is 9.93. The van der Waals surface area contributed by atoms with Gasteiger partial charge in [0.05, 0.1) is 5.69 Å². The second kappa shape index (κ2) is 4.71. The molecule has 0 saturated carbocycles. The van der Waals surface area contributed by atoms with E-state index in [-0.39, 0.29) is 11.4 Å². The predicted molar refractivity (Wildman–Crippen MR) is 83.7 cm³/mol. The van der Waals surface area contributed by atoms with Crippen LogP contribution in [0.25, 0.3) is 0 Å². The van der Waals surface area contributed by atoms with E-state index in [4.69, 9.17) is 0 Å². The monoisotopic (exact) mass is 289 g/mol. The highest BCUT2D eigenvalue weighted by Crippen LogP contribution is 2.38. The first-order valence-electron chi connectivity index (χ1n) is 7.37. The molecule has 114 valence electrons. The van der Waals surface area contributed by atoms with Crippen molar-refractivity contribution in [3.8, 4) is 0 Å². The van der Waals surface area contributed by atoms with Crippen molar-refractivity contribution >= 4 is 17.3 Å². The maximum atomic E-state index is 11.9. The van der Waals surface area contributed by atoms with Crippen LogP contribution in [0.5, 0.6) is 0 Å². The third-order valence-corrected chi connectivity index (χ3v) is 4.92. The Hall–Kier alpha value is -1.59. The summed E-state index contributed by atoms with van der Waals surface area (Å²) in [7, 11) is 3.87. The molecule has 2 heterocycles. The quantitative estimate of drug-likeness (QED) is 0.844. The lowest BCUT2D eigenvalue weighted by Crippen LogP contribution is -2.57. The highest BCUT2D eigenvalue weighted by molar-refractivity contribution is 6.03. The van der Waals surface area contributed by atoms with Crippen molar-refractivity contribution in [2.75, 3.05) is 43.5 Å². The van der Waals surface area contributed by atoms with Crippen LogP contribution in [0.1, 0.15) is 25.5 Å². The minimum Gasteiger partial charge on any atom is -0.378 e. The Labute approximate surface area is 125 Å². The summed E-state index contributed by atoms with van der Waals surface area (Å²) in [5.41, 5.74) is 2.77. The van der Waals surface area contributed by atoms with E-state index in [1.54, 1.807) is 11.9 Å². The lowest BCUT2D eigenvalue weighted by molar-refractivity contribution is -0.125. The molecule has 0 aromatic heterocycles. The molecule has 1 atom stereocenters. The lowest BCUT2D eigenvalue weighted by Gasteiger charge is -2.46. The van der Waals surface area contributed by atoms with Gasteiger partial charge in [0.1, 0.15) is 0 Å². The first kappa shape index (κ1) is 14.4. The molecule has 2 aliphatic heterocycles. The van der Waals surface area contributed by atoms with Gasteiger partial charge in [0.2, 0.25) is 0 Å². The van der Waals surface area contributed by atoms with E-state index in [0.29, 0.717) is 5.56 Å². The summed E-state index contributed by atoms with van der Waals surface area (Å²) in [4.78, 5) is 18.1. The fourth-order valence-electron chi connectivity index (χ4n) is 3.15. The lowest BCUT2D eigenvalue weighted by atomic mass is 9.99. The highest BCUT2D eigenvalue weighted by atomic mass is 16.3. The molecule has 1 aromatic rings. The summed E-state index contributed by atoms with van der Waals surface area (Å²) < 4.78 is 0. The van der Waals surface area contributed by atoms with Crippen LogP contribution in [0.15, 0.2) is 18.2 Å². The van der Waals surface area contributed by atoms with Gasteiger partial charge < -0.3 is 14.9 Å². The molecule has 0 bridgehead atoms. The number of aliphatic hydroxyl groups is 1. The van der Waals surface area contributed by atoms with E-state index in [1.165, 1.54) is 0 Å². The molecule has 1 amide bonds. The molecule has 5 heteroatoms. The molecule has 1 aromatic carbocycles. The highest BCUT2D eigenvalue weighted by Gasteiger charge is 2.35. The first-order chi connectivity index (χ1) is 9.81. The van der Waals surface area contributed by atoms with Crippen LogP contribution in [0.2, 0.25) is 0 Å². The summed E-state index contributed by atoms with van der Waals surface area (Å²) in [6.45, 7) is 7.42. The molecule has 2 aliphatic rings. The number of carbonyl (C=O) groups is 1. The maximum Gasteiger partial charge on any atom is 0.260 e. The Morgan fingerprint density at radius 3 is 2.62 bits per heavy atom. The molecule has 1 saturated heterocycles. The number of aliphatic hydroxyl groups excluding tert-OH is 1. The van der Waals surface area contributed by atoms with E-state index in [9.17, 15) is 9.90 Å². The predicted octanol–water partition coefficient (Wildman–Crippen LogP) is 1.23. The number of hydrogen-bond acceptors (Lipinski definition) is 4. The minimum absolute atomic E-state index is 0.124. The molecular formula is C16H23N3O2. The number of likely N-dealkylation sites (N-methyl/N-ethyl adjacent to an activating group) is 2. The van der Waals surface area contributed by atoms with Crippen molar-refractivity contribution in [2.45, 2.75) is 25.5 Å². The van der Waals surface area contributed by atoms with Crippen LogP contribution in [0.3, 0.4) is 0 Å². The van der Waals surface area contributed by atoms with Crippen molar-refractivity contribution in [3.63, 3.8) is 0 Å². The second-order valence-electron chi connectivity index (χ2n) is 6.70. The molecule has 0 spiro atoms. The van der Waals surface area contributed by atoms with Gasteiger partial charge in [0.25, 0.3) is 5.91 Å². The van der Waals surface area contributed by atoms with E-state index in [1.807, 2.05) is 18.2 Å². The zero-order valence-electron chi connectivity index (χ0n) is 13.1. The normalized spacial score (nSPS) is 25.4. The van der Waals surface area contributed by atoms with Crippen LogP contribution < -0.4 is 9.80 Å². The Balaban J connectivity index is 1.91. The van der Waals surface area contributed by atoms with E-state index in [0.717, 1.165) is 31.0 Å². The van der Waals surface area contributed by atoms with Crippen LogP contribution in [-0.2, 0) is 4.79 Å². The number of nitrogens with zero attached hydrogens (tertiary/aromatic N) is 3. The molecule has 1 N–H and O–H groups in total. The Morgan fingerprint density at radius 1 is 1.24 bits per heavy atom. The van der Waals surface area contributed by atoms with E-state index >= 15 is 0 Å². The summed E-state index contributed by atoms with van der Waals surface area (Å²) in [6, 6.07) is 5.91. The number of anilines is 2. The van der Waals surface area contributed by atoms with Gasteiger partial charge >= 0.3 is 0 Å². The van der Waals surface area contributed by atoms with Crippen molar-refractivity contribution in [1.82, 2.24) is 4.90 Å². The molecule has 21 heavy (non-hydrogen) atoms. The van der Waals surface area contributed by atoms with Crippen LogP contribution in [0.4, 0.5) is 11.4 Å². The van der Waals surface area contributed by atoms with Gasteiger partial charge in [-0.2, -0.15) is 0 Å². The van der Waals surface area contributed by atoms with Crippen molar-refractivity contribution < 1.29 is 9.90 Å².